The molecule has 1 rings (SSSR count). The number of aryl methyl sites for hydroxylation is 2. The lowest BCUT2D eigenvalue weighted by Gasteiger charge is -1.90. The van der Waals surface area contributed by atoms with Gasteiger partial charge in [-0.3, -0.25) is 0 Å². The van der Waals surface area contributed by atoms with Gasteiger partial charge < -0.3 is 9.13 Å². The number of imidazole rings is 1. The molecular weight excluding hydrogens is 131 g/mol. The van der Waals surface area contributed by atoms with Gasteiger partial charge in [-0.2, -0.15) is 0 Å². The molecule has 3 heteroatoms. The van der Waals surface area contributed by atoms with Crippen LogP contribution in [0.1, 0.15) is 0 Å². The van der Waals surface area contributed by atoms with Crippen molar-refractivity contribution in [1.29, 1.82) is 0 Å². The molecule has 0 amide bonds. The van der Waals surface area contributed by atoms with Gasteiger partial charge in [0, 0.05) is 26.5 Å². The van der Waals surface area contributed by atoms with Crippen LogP contribution in [0.4, 0.5) is 0 Å². The average molecular weight is 142 g/mol. The van der Waals surface area contributed by atoms with Crippen LogP contribution in [0.15, 0.2) is 12.4 Å². The lowest BCUT2D eigenvalue weighted by Crippen LogP contribution is -1.89. The first-order valence-electron chi connectivity index (χ1n) is 2.86. The smallest absolute Gasteiger partial charge is 0.134 e. The van der Waals surface area contributed by atoms with E-state index in [1.54, 1.807) is 0 Å². The minimum absolute atomic E-state index is 1.32. The molecule has 0 radical (unpaired) electrons. The molecule has 0 saturated carbocycles. The van der Waals surface area contributed by atoms with Crippen LogP contribution in [0.5, 0.6) is 0 Å². The molecule has 0 aliphatic rings. The Bertz CT molecular complexity index is 234. The fourth-order valence-corrected chi connectivity index (χ4v) is 1.66. The molecule has 2 nitrogen and oxygen atoms in total. The summed E-state index contributed by atoms with van der Waals surface area (Å²) in [6.45, 7) is 2.13. The second-order valence-corrected chi connectivity index (χ2v) is 2.89. The summed E-state index contributed by atoms with van der Waals surface area (Å²) in [7, 11) is 5.44. The monoisotopic (exact) mass is 142 g/mol. The van der Waals surface area contributed by atoms with Crippen molar-refractivity contribution >= 4 is 8.20 Å². The molecule has 0 bridgehead atoms. The van der Waals surface area contributed by atoms with Crippen molar-refractivity contribution in [2.24, 2.45) is 14.1 Å². The first-order chi connectivity index (χ1) is 4.25. The summed E-state index contributed by atoms with van der Waals surface area (Å²) < 4.78 is 4.25. The first kappa shape index (κ1) is 6.63. The second-order valence-electron chi connectivity index (χ2n) is 2.04. The second kappa shape index (κ2) is 2.40. The summed E-state index contributed by atoms with van der Waals surface area (Å²) in [5.74, 6) is 0. The van der Waals surface area contributed by atoms with E-state index in [4.69, 9.17) is 0 Å². The van der Waals surface area contributed by atoms with Crippen molar-refractivity contribution in [3.8, 4) is 0 Å². The van der Waals surface area contributed by atoms with Crippen molar-refractivity contribution in [1.82, 2.24) is 9.13 Å². The van der Waals surface area contributed by atoms with Gasteiger partial charge in [0.1, 0.15) is 5.20 Å². The van der Waals surface area contributed by atoms with Crippen LogP contribution < -0.4 is 0 Å². The molecule has 1 aromatic rings. The predicted molar refractivity (Wildman–Crippen MR) is 40.5 cm³/mol. The Morgan fingerprint density at radius 3 is 1.89 bits per heavy atom. The Morgan fingerprint density at radius 2 is 1.67 bits per heavy atom. The Balaban J connectivity index is 3.42. The first-order valence-corrected chi connectivity index (χ1v) is 4.20. The average Bonchev–Trinajstić information content (AvgIpc) is 2.12. The van der Waals surface area contributed by atoms with Gasteiger partial charge in [0.15, 0.2) is 0 Å². The van der Waals surface area contributed by atoms with Crippen LogP contribution in [-0.4, -0.2) is 15.8 Å². The molecule has 0 aromatic carbocycles. The highest BCUT2D eigenvalue weighted by Crippen LogP contribution is 1.98. The van der Waals surface area contributed by atoms with Crippen molar-refractivity contribution in [2.45, 2.75) is 0 Å². The van der Waals surface area contributed by atoms with E-state index in [1.165, 1.54) is 13.4 Å². The highest BCUT2D eigenvalue weighted by Gasteiger charge is 1.86. The standard InChI is InChI=1S/C6H11N2P/c1-7-4-5-8(2)6(7)9-3/h4-5H,1-3H3. The van der Waals surface area contributed by atoms with E-state index in [1.807, 2.05) is 0 Å². The van der Waals surface area contributed by atoms with Crippen molar-refractivity contribution in [3.05, 3.63) is 17.6 Å². The van der Waals surface area contributed by atoms with Gasteiger partial charge in [0.25, 0.3) is 0 Å². The van der Waals surface area contributed by atoms with Crippen molar-refractivity contribution in [3.63, 3.8) is 0 Å². The van der Waals surface area contributed by atoms with Gasteiger partial charge in [-0.1, -0.05) is 8.20 Å². The lowest BCUT2D eigenvalue weighted by molar-refractivity contribution is 0.811. The number of rotatable bonds is 0. The van der Waals surface area contributed by atoms with Gasteiger partial charge >= 0.3 is 0 Å². The molecule has 0 aliphatic carbocycles. The maximum absolute atomic E-state index is 2.13. The third kappa shape index (κ3) is 1.08. The number of hydrogen-bond acceptors (Lipinski definition) is 0. The van der Waals surface area contributed by atoms with Crippen LogP contribution in [0.3, 0.4) is 0 Å². The largest absolute Gasteiger partial charge is 0.333 e. The summed E-state index contributed by atoms with van der Waals surface area (Å²) in [5.41, 5.74) is 0. The molecule has 0 unspecified atom stereocenters. The zero-order valence-electron chi connectivity index (χ0n) is 6.00. The van der Waals surface area contributed by atoms with Gasteiger partial charge in [-0.25, -0.2) is 0 Å². The van der Waals surface area contributed by atoms with E-state index >= 15 is 0 Å². The highest BCUT2D eigenvalue weighted by molar-refractivity contribution is 7.27. The Kier molecular flexibility index (Phi) is 1.77. The van der Waals surface area contributed by atoms with E-state index in [2.05, 4.69) is 42.3 Å². The number of nitrogens with zero attached hydrogens (tertiary/aromatic N) is 2. The molecule has 0 spiro atoms. The fourth-order valence-electron chi connectivity index (χ4n) is 0.898. The fraction of sp³-hybridized carbons (Fsp3) is 0.500. The number of aromatic nitrogens is 2. The quantitative estimate of drug-likeness (QED) is 0.485. The lowest BCUT2D eigenvalue weighted by atomic mass is 10.9. The van der Waals surface area contributed by atoms with E-state index in [-0.39, 0.29) is 0 Å². The van der Waals surface area contributed by atoms with Gasteiger partial charge in [0.05, 0.1) is 0 Å². The molecule has 0 fully saturated rings. The summed E-state index contributed by atoms with van der Waals surface area (Å²) in [5, 5.41) is 1.33. The van der Waals surface area contributed by atoms with Gasteiger partial charge in [-0.05, 0) is 6.66 Å². The Hall–Kier alpha value is -0.490. The Morgan fingerprint density at radius 1 is 1.22 bits per heavy atom. The van der Waals surface area contributed by atoms with E-state index in [0.717, 1.165) is 0 Å². The maximum atomic E-state index is 2.13. The molecule has 0 aliphatic heterocycles. The normalized spacial score (nSPS) is 10.6. The minimum atomic E-state index is 1.32. The zero-order valence-corrected chi connectivity index (χ0v) is 6.89. The van der Waals surface area contributed by atoms with Gasteiger partial charge in [0.2, 0.25) is 0 Å². The third-order valence-electron chi connectivity index (χ3n) is 1.34. The molecule has 1 aromatic heterocycles. The molecular formula is C6H11N2P. The number of hydrogen-bond donors (Lipinski definition) is 0. The third-order valence-corrected chi connectivity index (χ3v) is 2.38. The Labute approximate surface area is 56.5 Å². The zero-order chi connectivity index (χ0) is 6.85. The summed E-state index contributed by atoms with van der Waals surface area (Å²) in [4.78, 5) is 0. The molecule has 9 heavy (non-hydrogen) atoms. The molecule has 0 atom stereocenters. The van der Waals surface area contributed by atoms with Crippen LogP contribution in [0.2, 0.25) is 0 Å². The molecule has 50 valence electrons. The van der Waals surface area contributed by atoms with Crippen LogP contribution >= 0.6 is 8.20 Å². The SMILES string of the molecule is CP=c1n(C)ccn1C. The summed E-state index contributed by atoms with van der Waals surface area (Å²) >= 11 is 0. The maximum Gasteiger partial charge on any atom is 0.134 e. The minimum Gasteiger partial charge on any atom is -0.333 e. The van der Waals surface area contributed by atoms with E-state index < -0.39 is 0 Å². The van der Waals surface area contributed by atoms with Crippen molar-refractivity contribution in [2.75, 3.05) is 6.66 Å². The van der Waals surface area contributed by atoms with Gasteiger partial charge in [-0.15, -0.1) is 0 Å². The summed E-state index contributed by atoms with van der Waals surface area (Å²) in [6.07, 6.45) is 4.12. The van der Waals surface area contributed by atoms with Crippen LogP contribution in [0, 0.1) is 5.20 Å². The molecule has 0 saturated heterocycles. The molecule has 0 N–H and O–H groups in total. The highest BCUT2D eigenvalue weighted by atomic mass is 31.1. The van der Waals surface area contributed by atoms with E-state index in [9.17, 15) is 0 Å². The topological polar surface area (TPSA) is 9.86 Å². The van der Waals surface area contributed by atoms with Crippen LogP contribution in [0.25, 0.3) is 0 Å². The molecule has 1 heterocycles. The van der Waals surface area contributed by atoms with Crippen molar-refractivity contribution < 1.29 is 0 Å². The van der Waals surface area contributed by atoms with E-state index in [0.29, 0.717) is 0 Å². The van der Waals surface area contributed by atoms with Crippen LogP contribution in [-0.2, 0) is 14.1 Å². The summed E-state index contributed by atoms with van der Waals surface area (Å²) in [6, 6.07) is 0. The predicted octanol–water partition coefficient (Wildman–Crippen LogP) is 1.47.